The number of aryl methyl sites for hydroxylation is 1. The number of carbonyl (C=O) groups is 5. The first-order valence-corrected chi connectivity index (χ1v) is 19.3. The quantitative estimate of drug-likeness (QED) is 0.0523. The number of ether oxygens (including phenoxy) is 2. The summed E-state index contributed by atoms with van der Waals surface area (Å²) in [6, 6.07) is 36.7. The van der Waals surface area contributed by atoms with E-state index in [1.165, 1.54) is 17.3 Å². The maximum atomic E-state index is 14.8. The Balaban J connectivity index is 1.39. The maximum Gasteiger partial charge on any atom is 0.408 e. The minimum atomic E-state index is -1.39. The molecule has 0 unspecified atom stereocenters. The van der Waals surface area contributed by atoms with Gasteiger partial charge in [-0.2, -0.15) is 0 Å². The van der Waals surface area contributed by atoms with Crippen molar-refractivity contribution in [2.24, 2.45) is 5.92 Å². The normalized spacial score (nSPS) is 16.2. The molecule has 1 aliphatic heterocycles. The lowest BCUT2D eigenvalue weighted by Gasteiger charge is -2.34. The number of Topliss-reactive ketones (excluding diaryl/α,β-unsaturated/α-hetero) is 1. The average Bonchev–Trinajstić information content (AvgIpc) is 3.61. The molecule has 0 aliphatic carbocycles. The molecule has 4 aromatic rings. The predicted octanol–water partition coefficient (Wildman–Crippen LogP) is 6.79. The van der Waals surface area contributed by atoms with Crippen molar-refractivity contribution < 1.29 is 33.4 Å². The molecule has 0 spiro atoms. The van der Waals surface area contributed by atoms with Crippen molar-refractivity contribution in [3.05, 3.63) is 144 Å². The molecule has 282 valence electrons. The fraction of sp³-hybridized carbons (Fsp3) is 0.326. The van der Waals surface area contributed by atoms with Crippen LogP contribution in [0.15, 0.2) is 121 Å². The molecule has 2 N–H and O–H groups in total. The summed E-state index contributed by atoms with van der Waals surface area (Å²) in [6.07, 6.45) is 0.359. The van der Waals surface area contributed by atoms with Gasteiger partial charge in [-0.25, -0.2) is 9.59 Å². The molecule has 10 nitrogen and oxygen atoms in total. The lowest BCUT2D eigenvalue weighted by molar-refractivity contribution is -0.160. The number of hydrogen-bond donors (Lipinski definition) is 2. The number of amides is 3. The van der Waals surface area contributed by atoms with Crippen molar-refractivity contribution in [1.82, 2.24) is 15.5 Å². The number of benzene rings is 4. The Morgan fingerprint density at radius 2 is 1.33 bits per heavy atom. The lowest BCUT2D eigenvalue weighted by Crippen LogP contribution is -2.57. The molecule has 11 heteroatoms. The first-order chi connectivity index (χ1) is 26.2. The van der Waals surface area contributed by atoms with Crippen molar-refractivity contribution in [2.45, 2.75) is 76.2 Å². The first kappa shape index (κ1) is 39.8. The monoisotopic (exact) mass is 749 g/mol. The highest BCUT2D eigenvalue weighted by Crippen LogP contribution is 2.41. The summed E-state index contributed by atoms with van der Waals surface area (Å²) in [7, 11) is 0. The Morgan fingerprint density at radius 1 is 0.759 bits per heavy atom. The number of nitrogens with zero attached hydrogens (tertiary/aromatic N) is 1. The smallest absolute Gasteiger partial charge is 0.408 e. The van der Waals surface area contributed by atoms with E-state index >= 15 is 0 Å². The third-order valence-corrected chi connectivity index (χ3v) is 10.3. The molecule has 0 saturated carbocycles. The zero-order chi connectivity index (χ0) is 38.3. The summed E-state index contributed by atoms with van der Waals surface area (Å²) in [5.74, 6) is -4.25. The van der Waals surface area contributed by atoms with Crippen LogP contribution in [0.5, 0.6) is 0 Å². The fourth-order valence-electron chi connectivity index (χ4n) is 6.26. The molecule has 54 heavy (non-hydrogen) atoms. The van der Waals surface area contributed by atoms with Gasteiger partial charge in [-0.1, -0.05) is 128 Å². The molecule has 0 aromatic heterocycles. The number of rotatable bonds is 17. The van der Waals surface area contributed by atoms with Crippen LogP contribution in [0.4, 0.5) is 4.79 Å². The van der Waals surface area contributed by atoms with Gasteiger partial charge in [-0.3, -0.25) is 14.4 Å². The van der Waals surface area contributed by atoms with Crippen molar-refractivity contribution >= 4 is 41.4 Å². The van der Waals surface area contributed by atoms with E-state index in [-0.39, 0.29) is 13.0 Å². The van der Waals surface area contributed by atoms with Gasteiger partial charge in [0.1, 0.15) is 30.1 Å². The molecule has 1 aliphatic rings. The molecule has 5 rings (SSSR count). The number of hydrogen-bond acceptors (Lipinski definition) is 8. The Hall–Kier alpha value is -5.42. The van der Waals surface area contributed by atoms with Crippen LogP contribution in [0, 0.1) is 5.92 Å². The van der Waals surface area contributed by atoms with E-state index in [1.54, 1.807) is 43.0 Å². The molecular formula is C43H47N3O7S. The highest BCUT2D eigenvalue weighted by molar-refractivity contribution is 7.99. The average molecular weight is 750 g/mol. The van der Waals surface area contributed by atoms with Gasteiger partial charge in [0, 0.05) is 5.75 Å². The third kappa shape index (κ3) is 11.5. The summed E-state index contributed by atoms with van der Waals surface area (Å²) in [4.78, 5) is 69.9. The summed E-state index contributed by atoms with van der Waals surface area (Å²) < 4.78 is 10.7. The maximum absolute atomic E-state index is 14.8. The lowest BCUT2D eigenvalue weighted by atomic mass is 9.94. The van der Waals surface area contributed by atoms with Crippen LogP contribution in [-0.2, 0) is 48.1 Å². The highest BCUT2D eigenvalue weighted by Gasteiger charge is 2.44. The Labute approximate surface area is 321 Å². The van der Waals surface area contributed by atoms with E-state index in [9.17, 15) is 24.0 Å². The second-order valence-electron chi connectivity index (χ2n) is 13.4. The molecule has 1 saturated heterocycles. The number of ketones is 1. The van der Waals surface area contributed by atoms with Crippen LogP contribution in [0.25, 0.3) is 0 Å². The Morgan fingerprint density at radius 3 is 1.94 bits per heavy atom. The van der Waals surface area contributed by atoms with Gasteiger partial charge in [0.05, 0.1) is 6.10 Å². The number of thioether (sulfide) groups is 1. The zero-order valence-corrected chi connectivity index (χ0v) is 31.4. The molecule has 0 bridgehead atoms. The molecule has 1 heterocycles. The van der Waals surface area contributed by atoms with E-state index in [1.807, 2.05) is 84.9 Å². The molecule has 4 atom stereocenters. The fourth-order valence-corrected chi connectivity index (χ4v) is 7.63. The van der Waals surface area contributed by atoms with Gasteiger partial charge in [-0.05, 0) is 61.8 Å². The van der Waals surface area contributed by atoms with Crippen molar-refractivity contribution in [2.75, 3.05) is 5.75 Å². The topological polar surface area (TPSA) is 131 Å². The highest BCUT2D eigenvalue weighted by atomic mass is 32.2. The van der Waals surface area contributed by atoms with Crippen LogP contribution in [0.3, 0.4) is 0 Å². The van der Waals surface area contributed by atoms with Gasteiger partial charge in [0.25, 0.3) is 5.78 Å². The van der Waals surface area contributed by atoms with Crippen LogP contribution >= 0.6 is 11.8 Å². The predicted molar refractivity (Wildman–Crippen MR) is 208 cm³/mol. The number of unbranched alkanes of at least 4 members (excludes halogenated alkanes) is 1. The molecule has 4 aromatic carbocycles. The van der Waals surface area contributed by atoms with Crippen LogP contribution in [0.1, 0.15) is 60.7 Å². The second-order valence-corrected chi connectivity index (χ2v) is 14.5. The minimum absolute atomic E-state index is 0.0303. The van der Waals surface area contributed by atoms with Gasteiger partial charge >= 0.3 is 12.1 Å². The summed E-state index contributed by atoms with van der Waals surface area (Å²) in [5, 5.41) is 5.25. The van der Waals surface area contributed by atoms with E-state index in [0.717, 1.165) is 24.0 Å². The Bertz CT molecular complexity index is 1830. The van der Waals surface area contributed by atoms with Crippen LogP contribution in [0.2, 0.25) is 0 Å². The largest absolute Gasteiger partial charge is 0.457 e. The van der Waals surface area contributed by atoms with Crippen LogP contribution < -0.4 is 10.6 Å². The Kier molecular flexibility index (Phi) is 14.8. The number of carbonyl (C=O) groups excluding carboxylic acids is 5. The minimum Gasteiger partial charge on any atom is -0.457 e. The molecule has 3 amide bonds. The van der Waals surface area contributed by atoms with E-state index in [2.05, 4.69) is 22.8 Å². The third-order valence-electron chi connectivity index (χ3n) is 8.96. The van der Waals surface area contributed by atoms with E-state index in [4.69, 9.17) is 9.47 Å². The molecular weight excluding hydrogens is 703 g/mol. The molecule has 0 radical (unpaired) electrons. The van der Waals surface area contributed by atoms with Crippen molar-refractivity contribution in [1.29, 1.82) is 0 Å². The standard InChI is InChI=1S/C43H47N3O7S/c1-30(2)53-42(50)38(47)35(27-32-20-9-4-10-21-32)39(48)45-37-29-54-41(34-24-13-6-14-25-34)46(37)40(49)36(26-16-15-19-31-17-7-3-8-18-31)44-43(51)52-28-33-22-11-5-12-23-33/h3-14,17-18,20-25,30,35-37,41H,15-16,19,26-29H2,1-2H3,(H,44,51)(H,45,48)/t35-,36+,37+,41+/m0/s1. The van der Waals surface area contributed by atoms with Gasteiger partial charge in [-0.15, -0.1) is 11.8 Å². The van der Waals surface area contributed by atoms with Gasteiger partial charge < -0.3 is 25.0 Å². The van der Waals surface area contributed by atoms with E-state index < -0.39 is 59.3 Å². The second kappa shape index (κ2) is 20.1. The summed E-state index contributed by atoms with van der Waals surface area (Å²) >= 11 is 1.46. The number of nitrogens with one attached hydrogen (secondary N) is 2. The first-order valence-electron chi connectivity index (χ1n) is 18.3. The number of esters is 1. The van der Waals surface area contributed by atoms with Crippen molar-refractivity contribution in [3.63, 3.8) is 0 Å². The van der Waals surface area contributed by atoms with E-state index in [0.29, 0.717) is 24.2 Å². The SMILES string of the molecule is CC(C)OC(=O)C(=O)[C@H](Cc1ccccc1)C(=O)N[C@H]1CS[C@H](c2ccccc2)N1C(=O)[C@@H](CCCCc1ccccc1)NC(=O)OCc1ccccc1. The van der Waals surface area contributed by atoms with Crippen LogP contribution in [-0.4, -0.2) is 58.6 Å². The van der Waals surface area contributed by atoms with Gasteiger partial charge in [0.2, 0.25) is 11.8 Å². The molecule has 1 fully saturated rings. The summed E-state index contributed by atoms with van der Waals surface area (Å²) in [6.45, 7) is 3.29. The number of alkyl carbamates (subject to hydrolysis) is 1. The van der Waals surface area contributed by atoms with Crippen molar-refractivity contribution in [3.8, 4) is 0 Å². The summed E-state index contributed by atoms with van der Waals surface area (Å²) in [5.41, 5.74) is 3.50. The van der Waals surface area contributed by atoms with Gasteiger partial charge in [0.15, 0.2) is 0 Å². The zero-order valence-electron chi connectivity index (χ0n) is 30.6.